The molecule has 2 aromatic rings. The molecule has 1 aliphatic rings. The maximum absolute atomic E-state index is 11.4. The molecule has 0 saturated carbocycles. The van der Waals surface area contributed by atoms with Gasteiger partial charge in [0, 0.05) is 12.1 Å². The topological polar surface area (TPSA) is 55.6 Å². The van der Waals surface area contributed by atoms with Gasteiger partial charge in [-0.15, -0.1) is 0 Å². The summed E-state index contributed by atoms with van der Waals surface area (Å²) in [5, 5.41) is 0. The van der Waals surface area contributed by atoms with Gasteiger partial charge in [-0.2, -0.15) is 0 Å². The van der Waals surface area contributed by atoms with Gasteiger partial charge in [0.25, 0.3) is 0 Å². The summed E-state index contributed by atoms with van der Waals surface area (Å²) in [7, 11) is 1.37. The number of hydrogen-bond donors (Lipinski definition) is 0. The second-order valence-corrected chi connectivity index (χ2v) is 5.57. The molecule has 0 N–H and O–H groups in total. The number of aromatic nitrogens is 1. The highest BCUT2D eigenvalue weighted by molar-refractivity contribution is 5.89. The number of esters is 1. The smallest absolute Gasteiger partial charge is 0.337 e. The molecule has 116 valence electrons. The maximum Gasteiger partial charge on any atom is 0.337 e. The van der Waals surface area contributed by atoms with Crippen molar-refractivity contribution in [3.8, 4) is 11.5 Å². The molecule has 1 aromatic heterocycles. The van der Waals surface area contributed by atoms with Crippen LogP contribution in [0.3, 0.4) is 0 Å². The Morgan fingerprint density at radius 3 is 2.59 bits per heavy atom. The van der Waals surface area contributed by atoms with Gasteiger partial charge in [-0.1, -0.05) is 0 Å². The van der Waals surface area contributed by atoms with Crippen molar-refractivity contribution >= 4 is 5.97 Å². The summed E-state index contributed by atoms with van der Waals surface area (Å²) in [5.41, 5.74) is 2.38. The van der Waals surface area contributed by atoms with Crippen LogP contribution in [0, 0.1) is 6.92 Å². The van der Waals surface area contributed by atoms with Crippen molar-refractivity contribution in [3.63, 3.8) is 0 Å². The first-order valence-corrected chi connectivity index (χ1v) is 7.55. The molecule has 0 atom stereocenters. The molecule has 1 aliphatic heterocycles. The number of methoxy groups -OCH3 is 1. The third-order valence-corrected chi connectivity index (χ3v) is 4.02. The quantitative estimate of drug-likeness (QED) is 0.812. The van der Waals surface area contributed by atoms with Gasteiger partial charge >= 0.3 is 5.97 Å². The van der Waals surface area contributed by atoms with Crippen molar-refractivity contribution in [3.05, 3.63) is 41.3 Å². The molecule has 1 fully saturated rings. The van der Waals surface area contributed by atoms with E-state index in [2.05, 4.69) is 9.88 Å². The predicted octanol–water partition coefficient (Wildman–Crippen LogP) is 3.03. The Morgan fingerprint density at radius 1 is 1.27 bits per heavy atom. The van der Waals surface area contributed by atoms with E-state index in [1.54, 1.807) is 12.1 Å². The number of ether oxygens (including phenoxy) is 1. The van der Waals surface area contributed by atoms with Gasteiger partial charge in [-0.05, 0) is 57.1 Å². The van der Waals surface area contributed by atoms with Crippen LogP contribution in [-0.2, 0) is 11.3 Å². The number of carbonyl (C=O) groups is 1. The van der Waals surface area contributed by atoms with Crippen molar-refractivity contribution < 1.29 is 13.9 Å². The Bertz CT molecular complexity index is 655. The first-order chi connectivity index (χ1) is 10.7. The molecule has 0 aliphatic carbocycles. The standard InChI is InChI=1S/C17H20N2O3/c1-12-15(11-19-9-3-4-10-19)18-16(22-12)13-5-7-14(8-6-13)17(20)21-2/h5-8H,3-4,9-11H2,1-2H3. The largest absolute Gasteiger partial charge is 0.465 e. The lowest BCUT2D eigenvalue weighted by molar-refractivity contribution is 0.0600. The van der Waals surface area contributed by atoms with Crippen molar-refractivity contribution in [2.75, 3.05) is 20.2 Å². The monoisotopic (exact) mass is 300 g/mol. The average molecular weight is 300 g/mol. The van der Waals surface area contributed by atoms with Gasteiger partial charge in [0.2, 0.25) is 5.89 Å². The summed E-state index contributed by atoms with van der Waals surface area (Å²) in [5.74, 6) is 1.12. The summed E-state index contributed by atoms with van der Waals surface area (Å²) in [4.78, 5) is 18.5. The predicted molar refractivity (Wildman–Crippen MR) is 82.5 cm³/mol. The molecule has 0 bridgehead atoms. The van der Waals surface area contributed by atoms with Crippen LogP contribution in [0.1, 0.15) is 34.7 Å². The minimum Gasteiger partial charge on any atom is -0.465 e. The van der Waals surface area contributed by atoms with Crippen LogP contribution in [0.15, 0.2) is 28.7 Å². The van der Waals surface area contributed by atoms with Crippen LogP contribution in [0.5, 0.6) is 0 Å². The molecule has 5 heteroatoms. The number of oxazole rings is 1. The first kappa shape index (κ1) is 14.8. The third-order valence-electron chi connectivity index (χ3n) is 4.02. The van der Waals surface area contributed by atoms with Crippen LogP contribution < -0.4 is 0 Å². The van der Waals surface area contributed by atoms with E-state index in [4.69, 9.17) is 9.15 Å². The van der Waals surface area contributed by atoms with Gasteiger partial charge in [-0.25, -0.2) is 9.78 Å². The number of nitrogens with zero attached hydrogens (tertiary/aromatic N) is 2. The highest BCUT2D eigenvalue weighted by Gasteiger charge is 2.17. The fourth-order valence-electron chi connectivity index (χ4n) is 2.72. The highest BCUT2D eigenvalue weighted by Crippen LogP contribution is 2.24. The molecule has 0 radical (unpaired) electrons. The average Bonchev–Trinajstić information content (AvgIpc) is 3.18. The Kier molecular flexibility index (Phi) is 4.24. The van der Waals surface area contributed by atoms with Crippen LogP contribution in [-0.4, -0.2) is 36.1 Å². The van der Waals surface area contributed by atoms with Gasteiger partial charge in [0.1, 0.15) is 5.76 Å². The Morgan fingerprint density at radius 2 is 1.95 bits per heavy atom. The number of likely N-dealkylation sites (tertiary alicyclic amines) is 1. The molecule has 3 rings (SSSR count). The van der Waals surface area contributed by atoms with Crippen molar-refractivity contribution in [2.45, 2.75) is 26.3 Å². The second-order valence-electron chi connectivity index (χ2n) is 5.57. The molecule has 22 heavy (non-hydrogen) atoms. The van der Waals surface area contributed by atoms with E-state index in [1.165, 1.54) is 20.0 Å². The van der Waals surface area contributed by atoms with Crippen molar-refractivity contribution in [1.82, 2.24) is 9.88 Å². The summed E-state index contributed by atoms with van der Waals surface area (Å²) in [6.45, 7) is 5.06. The molecule has 0 amide bonds. The van der Waals surface area contributed by atoms with Crippen LogP contribution in [0.4, 0.5) is 0 Å². The zero-order chi connectivity index (χ0) is 15.5. The lowest BCUT2D eigenvalue weighted by atomic mass is 10.1. The zero-order valence-corrected chi connectivity index (χ0v) is 13.0. The third kappa shape index (κ3) is 3.04. The van der Waals surface area contributed by atoms with E-state index >= 15 is 0 Å². The van der Waals surface area contributed by atoms with Gasteiger partial charge in [0.15, 0.2) is 0 Å². The van der Waals surface area contributed by atoms with E-state index in [0.717, 1.165) is 36.7 Å². The Labute approximate surface area is 129 Å². The molecular weight excluding hydrogens is 280 g/mol. The van der Waals surface area contributed by atoms with Crippen molar-refractivity contribution in [2.24, 2.45) is 0 Å². The molecule has 1 saturated heterocycles. The fraction of sp³-hybridized carbons (Fsp3) is 0.412. The second kappa shape index (κ2) is 6.32. The van der Waals surface area contributed by atoms with Crippen LogP contribution >= 0.6 is 0 Å². The molecule has 2 heterocycles. The van der Waals surface area contributed by atoms with Crippen LogP contribution in [0.25, 0.3) is 11.5 Å². The number of carbonyl (C=O) groups excluding carboxylic acids is 1. The van der Waals surface area contributed by atoms with Gasteiger partial charge in [-0.3, -0.25) is 4.90 Å². The van der Waals surface area contributed by atoms with E-state index in [0.29, 0.717) is 11.5 Å². The lowest BCUT2D eigenvalue weighted by Gasteiger charge is -2.12. The number of rotatable bonds is 4. The highest BCUT2D eigenvalue weighted by atomic mass is 16.5. The minimum atomic E-state index is -0.343. The Balaban J connectivity index is 1.78. The number of benzene rings is 1. The van der Waals surface area contributed by atoms with E-state index in [1.807, 2.05) is 19.1 Å². The number of hydrogen-bond acceptors (Lipinski definition) is 5. The molecule has 0 spiro atoms. The zero-order valence-electron chi connectivity index (χ0n) is 13.0. The molecule has 0 unspecified atom stereocenters. The van der Waals surface area contributed by atoms with E-state index < -0.39 is 0 Å². The summed E-state index contributed by atoms with van der Waals surface area (Å²) < 4.78 is 10.5. The molecular formula is C17H20N2O3. The van der Waals surface area contributed by atoms with E-state index in [-0.39, 0.29) is 5.97 Å². The summed E-state index contributed by atoms with van der Waals surface area (Å²) in [6.07, 6.45) is 2.53. The fourth-order valence-corrected chi connectivity index (χ4v) is 2.72. The van der Waals surface area contributed by atoms with Gasteiger partial charge in [0.05, 0.1) is 18.4 Å². The normalized spacial score (nSPS) is 15.2. The summed E-state index contributed by atoms with van der Waals surface area (Å²) >= 11 is 0. The lowest BCUT2D eigenvalue weighted by Crippen LogP contribution is -2.19. The van der Waals surface area contributed by atoms with Gasteiger partial charge < -0.3 is 9.15 Å². The molecule has 5 nitrogen and oxygen atoms in total. The number of aryl methyl sites for hydroxylation is 1. The van der Waals surface area contributed by atoms with Crippen LogP contribution in [0.2, 0.25) is 0 Å². The van der Waals surface area contributed by atoms with Crippen molar-refractivity contribution in [1.29, 1.82) is 0 Å². The maximum atomic E-state index is 11.4. The minimum absolute atomic E-state index is 0.343. The SMILES string of the molecule is COC(=O)c1ccc(-c2nc(CN3CCCC3)c(C)o2)cc1. The molecule has 1 aromatic carbocycles. The first-order valence-electron chi connectivity index (χ1n) is 7.55. The van der Waals surface area contributed by atoms with E-state index in [9.17, 15) is 4.79 Å². The Hall–Kier alpha value is -2.14. The summed E-state index contributed by atoms with van der Waals surface area (Å²) in [6, 6.07) is 7.11.